The molecule has 1 aromatic carbocycles. The molecule has 0 aliphatic carbocycles. The Morgan fingerprint density at radius 1 is 1.25 bits per heavy atom. The van der Waals surface area contributed by atoms with E-state index in [1.807, 2.05) is 0 Å². The second-order valence-electron chi connectivity index (χ2n) is 4.65. The summed E-state index contributed by atoms with van der Waals surface area (Å²) in [5, 5.41) is 13.2. The molecule has 1 amide bonds. The zero-order valence-electron chi connectivity index (χ0n) is 11.5. The van der Waals surface area contributed by atoms with Crippen LogP contribution in [-0.2, 0) is 0 Å². The topological polar surface area (TPSA) is 75.4 Å². The number of nitrogens with zero attached hydrogens (tertiary/aromatic N) is 3. The fourth-order valence-corrected chi connectivity index (χ4v) is 1.84. The first-order valence-electron chi connectivity index (χ1n) is 6.02. The van der Waals surface area contributed by atoms with Gasteiger partial charge in [-0.2, -0.15) is 5.10 Å². The van der Waals surface area contributed by atoms with Crippen molar-refractivity contribution < 1.29 is 14.7 Å². The predicted octanol–water partition coefficient (Wildman–Crippen LogP) is 1.58. The monoisotopic (exact) mass is 273 g/mol. The van der Waals surface area contributed by atoms with Crippen LogP contribution >= 0.6 is 0 Å². The van der Waals surface area contributed by atoms with E-state index >= 15 is 0 Å². The largest absolute Gasteiger partial charge is 0.478 e. The van der Waals surface area contributed by atoms with Gasteiger partial charge in [-0.15, -0.1) is 0 Å². The van der Waals surface area contributed by atoms with E-state index in [1.54, 1.807) is 50.1 Å². The molecule has 104 valence electrons. The van der Waals surface area contributed by atoms with Gasteiger partial charge in [0, 0.05) is 20.3 Å². The van der Waals surface area contributed by atoms with Gasteiger partial charge in [-0.05, 0) is 36.8 Å². The van der Waals surface area contributed by atoms with Crippen LogP contribution in [0.4, 0.5) is 0 Å². The average molecular weight is 273 g/mol. The summed E-state index contributed by atoms with van der Waals surface area (Å²) in [4.78, 5) is 24.2. The van der Waals surface area contributed by atoms with E-state index < -0.39 is 5.97 Å². The molecule has 6 heteroatoms. The van der Waals surface area contributed by atoms with Crippen molar-refractivity contribution in [2.75, 3.05) is 14.1 Å². The Morgan fingerprint density at radius 3 is 2.50 bits per heavy atom. The molecule has 0 aliphatic rings. The average Bonchev–Trinajstić information content (AvgIpc) is 2.86. The number of aryl methyl sites for hydroxylation is 1. The highest BCUT2D eigenvalue weighted by atomic mass is 16.4. The van der Waals surface area contributed by atoms with Crippen molar-refractivity contribution >= 4 is 11.9 Å². The predicted molar refractivity (Wildman–Crippen MR) is 73.3 cm³/mol. The fraction of sp³-hybridized carbons (Fsp3) is 0.214. The van der Waals surface area contributed by atoms with E-state index in [-0.39, 0.29) is 11.5 Å². The van der Waals surface area contributed by atoms with Crippen molar-refractivity contribution in [3.63, 3.8) is 0 Å². The normalized spacial score (nSPS) is 10.3. The van der Waals surface area contributed by atoms with E-state index in [9.17, 15) is 9.59 Å². The maximum Gasteiger partial charge on any atom is 0.335 e. The molecule has 0 spiro atoms. The van der Waals surface area contributed by atoms with Crippen LogP contribution in [0, 0.1) is 6.92 Å². The molecule has 0 saturated heterocycles. The Morgan fingerprint density at radius 2 is 1.95 bits per heavy atom. The standard InChI is InChI=1S/C14H15N3O3/c1-9-8-10(4-5-11(9)14(19)20)17-7-6-12(15-17)13(18)16(2)3/h4-8H,1-3H3,(H,19,20). The highest BCUT2D eigenvalue weighted by Gasteiger charge is 2.13. The van der Waals surface area contributed by atoms with Crippen LogP contribution in [0.2, 0.25) is 0 Å². The Hall–Kier alpha value is -2.63. The molecule has 0 radical (unpaired) electrons. The lowest BCUT2D eigenvalue weighted by molar-refractivity contribution is 0.0695. The summed E-state index contributed by atoms with van der Waals surface area (Å²) in [6, 6.07) is 6.54. The van der Waals surface area contributed by atoms with Crippen molar-refractivity contribution in [3.05, 3.63) is 47.3 Å². The Bertz CT molecular complexity index is 674. The number of aromatic nitrogens is 2. The smallest absolute Gasteiger partial charge is 0.335 e. The number of benzene rings is 1. The van der Waals surface area contributed by atoms with Crippen molar-refractivity contribution in [2.45, 2.75) is 6.92 Å². The number of carboxylic acids is 1. The number of rotatable bonds is 3. The second-order valence-corrected chi connectivity index (χ2v) is 4.65. The maximum absolute atomic E-state index is 11.8. The number of hydrogen-bond donors (Lipinski definition) is 1. The quantitative estimate of drug-likeness (QED) is 0.921. The number of carboxylic acid groups (broad SMARTS) is 1. The first-order chi connectivity index (χ1) is 9.40. The van der Waals surface area contributed by atoms with E-state index in [1.165, 1.54) is 11.0 Å². The molecule has 0 bridgehead atoms. The minimum atomic E-state index is -0.960. The molecule has 2 aromatic rings. The van der Waals surface area contributed by atoms with Gasteiger partial charge in [0.1, 0.15) is 0 Å². The number of amides is 1. The van der Waals surface area contributed by atoms with Gasteiger partial charge < -0.3 is 10.0 Å². The van der Waals surface area contributed by atoms with Gasteiger partial charge in [0.15, 0.2) is 5.69 Å². The Kier molecular flexibility index (Phi) is 3.56. The lowest BCUT2D eigenvalue weighted by atomic mass is 10.1. The molecule has 0 saturated carbocycles. The summed E-state index contributed by atoms with van der Waals surface area (Å²) in [6.07, 6.45) is 1.67. The van der Waals surface area contributed by atoms with Crippen LogP contribution in [0.5, 0.6) is 0 Å². The van der Waals surface area contributed by atoms with Crippen molar-refractivity contribution in [2.24, 2.45) is 0 Å². The summed E-state index contributed by atoms with van der Waals surface area (Å²) in [5.41, 5.74) is 1.96. The van der Waals surface area contributed by atoms with Gasteiger partial charge in [0.05, 0.1) is 11.3 Å². The number of aromatic carboxylic acids is 1. The molecule has 0 atom stereocenters. The molecule has 0 unspecified atom stereocenters. The molecule has 1 heterocycles. The van der Waals surface area contributed by atoms with Crippen LogP contribution in [0.25, 0.3) is 5.69 Å². The second kappa shape index (κ2) is 5.16. The minimum absolute atomic E-state index is 0.178. The number of carbonyl (C=O) groups is 2. The lowest BCUT2D eigenvalue weighted by Crippen LogP contribution is -2.22. The van der Waals surface area contributed by atoms with Crippen LogP contribution in [0.1, 0.15) is 26.4 Å². The van der Waals surface area contributed by atoms with Crippen molar-refractivity contribution in [1.82, 2.24) is 14.7 Å². The zero-order chi connectivity index (χ0) is 14.9. The van der Waals surface area contributed by atoms with Crippen molar-refractivity contribution in [1.29, 1.82) is 0 Å². The summed E-state index contributed by atoms with van der Waals surface area (Å²) < 4.78 is 1.55. The van der Waals surface area contributed by atoms with Gasteiger partial charge in [0.2, 0.25) is 0 Å². The summed E-state index contributed by atoms with van der Waals surface area (Å²) in [7, 11) is 3.32. The summed E-state index contributed by atoms with van der Waals surface area (Å²) >= 11 is 0. The van der Waals surface area contributed by atoms with Crippen LogP contribution in [-0.4, -0.2) is 45.8 Å². The van der Waals surface area contributed by atoms with E-state index in [4.69, 9.17) is 5.11 Å². The summed E-state index contributed by atoms with van der Waals surface area (Å²) in [5.74, 6) is -1.14. The first kappa shape index (κ1) is 13.8. The van der Waals surface area contributed by atoms with Crippen LogP contribution in [0.15, 0.2) is 30.5 Å². The van der Waals surface area contributed by atoms with Crippen molar-refractivity contribution in [3.8, 4) is 5.69 Å². The van der Waals surface area contributed by atoms with E-state index in [0.717, 1.165) is 0 Å². The highest BCUT2D eigenvalue weighted by Crippen LogP contribution is 2.15. The minimum Gasteiger partial charge on any atom is -0.478 e. The van der Waals surface area contributed by atoms with Crippen LogP contribution in [0.3, 0.4) is 0 Å². The molecule has 1 N–H and O–H groups in total. The maximum atomic E-state index is 11.8. The van der Waals surface area contributed by atoms with Gasteiger partial charge in [0.25, 0.3) is 5.91 Å². The third-order valence-corrected chi connectivity index (χ3v) is 2.92. The molecular weight excluding hydrogens is 258 g/mol. The summed E-state index contributed by atoms with van der Waals surface area (Å²) in [6.45, 7) is 1.72. The number of carbonyl (C=O) groups excluding carboxylic acids is 1. The molecule has 20 heavy (non-hydrogen) atoms. The zero-order valence-corrected chi connectivity index (χ0v) is 11.5. The van der Waals surface area contributed by atoms with Gasteiger partial charge in [-0.25, -0.2) is 9.48 Å². The Balaban J connectivity index is 2.36. The number of hydrogen-bond acceptors (Lipinski definition) is 3. The highest BCUT2D eigenvalue weighted by molar-refractivity contribution is 5.92. The van der Waals surface area contributed by atoms with Gasteiger partial charge in [-0.1, -0.05) is 0 Å². The van der Waals surface area contributed by atoms with Crippen LogP contribution < -0.4 is 0 Å². The third-order valence-electron chi connectivity index (χ3n) is 2.92. The van der Waals surface area contributed by atoms with Gasteiger partial charge in [-0.3, -0.25) is 4.79 Å². The molecule has 2 rings (SSSR count). The SMILES string of the molecule is Cc1cc(-n2ccc(C(=O)N(C)C)n2)ccc1C(=O)O. The molecule has 1 aromatic heterocycles. The third kappa shape index (κ3) is 2.54. The molecule has 0 fully saturated rings. The van der Waals surface area contributed by atoms with E-state index in [2.05, 4.69) is 5.10 Å². The molecule has 6 nitrogen and oxygen atoms in total. The Labute approximate surface area is 116 Å². The van der Waals surface area contributed by atoms with E-state index in [0.29, 0.717) is 16.9 Å². The molecular formula is C14H15N3O3. The van der Waals surface area contributed by atoms with Gasteiger partial charge >= 0.3 is 5.97 Å². The molecule has 0 aliphatic heterocycles. The lowest BCUT2D eigenvalue weighted by Gasteiger charge is -2.07. The first-order valence-corrected chi connectivity index (χ1v) is 6.02. The fourth-order valence-electron chi connectivity index (χ4n) is 1.84.